The van der Waals surface area contributed by atoms with Gasteiger partial charge in [-0.05, 0) is 36.5 Å². The number of nitrogens with two attached hydrogens (primary N) is 1. The van der Waals surface area contributed by atoms with Gasteiger partial charge < -0.3 is 5.32 Å². The number of nitriles is 1. The molecule has 1 aromatic carbocycles. The molecule has 0 aliphatic heterocycles. The van der Waals surface area contributed by atoms with E-state index in [0.29, 0.717) is 11.3 Å². The molecule has 1 aliphatic carbocycles. The topological polar surface area (TPSA) is 96.0 Å². The first-order valence-corrected chi connectivity index (χ1v) is 8.20. The van der Waals surface area contributed by atoms with Crippen LogP contribution in [-0.2, 0) is 10.0 Å². The first-order valence-electron chi connectivity index (χ1n) is 6.65. The smallest absolute Gasteiger partial charge is 0.238 e. The van der Waals surface area contributed by atoms with Crippen LogP contribution in [-0.4, -0.2) is 15.0 Å². The number of hydrogen-bond donors (Lipinski definition) is 2. The van der Waals surface area contributed by atoms with Crippen LogP contribution in [0.4, 0.5) is 5.69 Å². The van der Waals surface area contributed by atoms with Gasteiger partial charge in [0.15, 0.2) is 0 Å². The summed E-state index contributed by atoms with van der Waals surface area (Å²) in [6.07, 6.45) is 4.84. The lowest BCUT2D eigenvalue weighted by molar-refractivity contribution is 0.362. The van der Waals surface area contributed by atoms with Crippen molar-refractivity contribution in [1.29, 1.82) is 5.26 Å². The van der Waals surface area contributed by atoms with E-state index < -0.39 is 10.0 Å². The zero-order valence-electron chi connectivity index (χ0n) is 11.5. The van der Waals surface area contributed by atoms with Crippen LogP contribution in [0.5, 0.6) is 0 Å². The molecule has 20 heavy (non-hydrogen) atoms. The predicted octanol–water partition coefficient (Wildman–Crippen LogP) is 2.20. The second-order valence-corrected chi connectivity index (χ2v) is 7.30. The van der Waals surface area contributed by atoms with Gasteiger partial charge in [0.05, 0.1) is 16.1 Å². The summed E-state index contributed by atoms with van der Waals surface area (Å²) in [4.78, 5) is -0.0355. The molecule has 0 atom stereocenters. The van der Waals surface area contributed by atoms with Crippen molar-refractivity contribution < 1.29 is 8.42 Å². The number of benzene rings is 1. The molecule has 1 fully saturated rings. The van der Waals surface area contributed by atoms with Crippen LogP contribution < -0.4 is 10.5 Å². The summed E-state index contributed by atoms with van der Waals surface area (Å²) in [7, 11) is -3.77. The lowest BCUT2D eigenvalue weighted by Gasteiger charge is -2.24. The molecule has 1 aromatic rings. The van der Waals surface area contributed by atoms with E-state index in [1.54, 1.807) is 6.07 Å². The zero-order chi connectivity index (χ0) is 14.8. The van der Waals surface area contributed by atoms with E-state index in [1.165, 1.54) is 37.8 Å². The fourth-order valence-electron chi connectivity index (χ4n) is 2.66. The normalized spacial score (nSPS) is 17.6. The molecule has 6 heteroatoms. The third-order valence-electron chi connectivity index (χ3n) is 3.96. The highest BCUT2D eigenvalue weighted by Gasteiger charge is 2.28. The van der Waals surface area contributed by atoms with Gasteiger partial charge in [0.1, 0.15) is 6.07 Å². The van der Waals surface area contributed by atoms with Crippen LogP contribution in [0.2, 0.25) is 0 Å². The third kappa shape index (κ3) is 3.30. The van der Waals surface area contributed by atoms with E-state index in [2.05, 4.69) is 12.2 Å². The highest BCUT2D eigenvalue weighted by molar-refractivity contribution is 7.89. The Bertz CT molecular complexity index is 641. The van der Waals surface area contributed by atoms with Crippen LogP contribution in [0.3, 0.4) is 0 Å². The standard InChI is InChI=1S/C14H19N3O2S/c1-14(6-2-3-7-14)10-17-13-5-4-12(20(16,18)19)8-11(13)9-15/h4-5,8,17H,2-3,6-7,10H2,1H3,(H2,16,18,19). The monoisotopic (exact) mass is 293 g/mol. The minimum Gasteiger partial charge on any atom is -0.383 e. The summed E-state index contributed by atoms with van der Waals surface area (Å²) >= 11 is 0. The predicted molar refractivity (Wildman–Crippen MR) is 77.6 cm³/mol. The van der Waals surface area contributed by atoms with Crippen molar-refractivity contribution in [2.24, 2.45) is 10.6 Å². The quantitative estimate of drug-likeness (QED) is 0.889. The zero-order valence-corrected chi connectivity index (χ0v) is 12.3. The van der Waals surface area contributed by atoms with Crippen molar-refractivity contribution in [3.8, 4) is 6.07 Å². The lowest BCUT2D eigenvalue weighted by Crippen LogP contribution is -2.23. The van der Waals surface area contributed by atoms with Crippen molar-refractivity contribution in [3.63, 3.8) is 0 Å². The first-order chi connectivity index (χ1) is 9.34. The molecule has 1 aliphatic rings. The van der Waals surface area contributed by atoms with E-state index in [9.17, 15) is 8.42 Å². The minimum atomic E-state index is -3.77. The Morgan fingerprint density at radius 1 is 1.40 bits per heavy atom. The SMILES string of the molecule is CC1(CNc2ccc(S(N)(=O)=O)cc2C#N)CCCC1. The Kier molecular flexibility index (Phi) is 4.02. The van der Waals surface area contributed by atoms with Crippen LogP contribution in [0.25, 0.3) is 0 Å². The van der Waals surface area contributed by atoms with Crippen molar-refractivity contribution >= 4 is 15.7 Å². The van der Waals surface area contributed by atoms with Crippen molar-refractivity contribution in [1.82, 2.24) is 0 Å². The second-order valence-electron chi connectivity index (χ2n) is 5.74. The molecule has 0 spiro atoms. The van der Waals surface area contributed by atoms with Gasteiger partial charge in [0.2, 0.25) is 10.0 Å². The van der Waals surface area contributed by atoms with Crippen LogP contribution in [0, 0.1) is 16.7 Å². The van der Waals surface area contributed by atoms with Crippen molar-refractivity contribution in [2.75, 3.05) is 11.9 Å². The highest BCUT2D eigenvalue weighted by atomic mass is 32.2. The van der Waals surface area contributed by atoms with E-state index in [4.69, 9.17) is 10.4 Å². The van der Waals surface area contributed by atoms with Crippen LogP contribution >= 0.6 is 0 Å². The lowest BCUT2D eigenvalue weighted by atomic mass is 9.89. The molecule has 0 amide bonds. The first kappa shape index (κ1) is 14.8. The van der Waals surface area contributed by atoms with E-state index in [0.717, 1.165) is 6.54 Å². The summed E-state index contributed by atoms with van der Waals surface area (Å²) in [5.41, 5.74) is 1.22. The van der Waals surface area contributed by atoms with Crippen LogP contribution in [0.1, 0.15) is 38.2 Å². The molecule has 0 bridgehead atoms. The summed E-state index contributed by atoms with van der Waals surface area (Å²) in [6.45, 7) is 3.02. The van der Waals surface area contributed by atoms with Gasteiger partial charge in [0.25, 0.3) is 0 Å². The van der Waals surface area contributed by atoms with Gasteiger partial charge in [-0.1, -0.05) is 19.8 Å². The maximum absolute atomic E-state index is 11.3. The van der Waals surface area contributed by atoms with Gasteiger partial charge in [-0.2, -0.15) is 5.26 Å². The van der Waals surface area contributed by atoms with E-state index >= 15 is 0 Å². The Balaban J connectivity index is 2.18. The molecule has 0 saturated heterocycles. The summed E-state index contributed by atoms with van der Waals surface area (Å²) < 4.78 is 22.6. The fourth-order valence-corrected chi connectivity index (χ4v) is 3.20. The summed E-state index contributed by atoms with van der Waals surface area (Å²) in [6, 6.07) is 6.36. The Morgan fingerprint density at radius 3 is 2.60 bits per heavy atom. The Labute approximate surface area is 119 Å². The molecule has 3 N–H and O–H groups in total. The fraction of sp³-hybridized carbons (Fsp3) is 0.500. The van der Waals surface area contributed by atoms with Crippen molar-refractivity contribution in [3.05, 3.63) is 23.8 Å². The van der Waals surface area contributed by atoms with Gasteiger partial charge in [0, 0.05) is 6.54 Å². The number of nitrogens with zero attached hydrogens (tertiary/aromatic N) is 1. The number of rotatable bonds is 4. The Hall–Kier alpha value is -1.58. The molecule has 0 radical (unpaired) electrons. The van der Waals surface area contributed by atoms with E-state index in [-0.39, 0.29) is 10.3 Å². The van der Waals surface area contributed by atoms with Gasteiger partial charge in [-0.25, -0.2) is 13.6 Å². The van der Waals surface area contributed by atoms with Crippen molar-refractivity contribution in [2.45, 2.75) is 37.5 Å². The maximum Gasteiger partial charge on any atom is 0.238 e. The third-order valence-corrected chi connectivity index (χ3v) is 4.87. The van der Waals surface area contributed by atoms with Gasteiger partial charge >= 0.3 is 0 Å². The van der Waals surface area contributed by atoms with Crippen LogP contribution in [0.15, 0.2) is 23.1 Å². The molecule has 0 unspecified atom stereocenters. The number of sulfonamides is 1. The number of anilines is 1. The summed E-state index contributed by atoms with van der Waals surface area (Å²) in [5.74, 6) is 0. The molecule has 108 valence electrons. The number of primary sulfonamides is 1. The molecule has 2 rings (SSSR count). The molecule has 0 heterocycles. The summed E-state index contributed by atoms with van der Waals surface area (Å²) in [5, 5.41) is 17.5. The van der Waals surface area contributed by atoms with E-state index in [1.807, 2.05) is 6.07 Å². The molecular weight excluding hydrogens is 274 g/mol. The molecule has 5 nitrogen and oxygen atoms in total. The second kappa shape index (κ2) is 5.43. The molecule has 0 aromatic heterocycles. The minimum absolute atomic E-state index is 0.0355. The average Bonchev–Trinajstić information content (AvgIpc) is 2.82. The largest absolute Gasteiger partial charge is 0.383 e. The average molecular weight is 293 g/mol. The molecule has 1 saturated carbocycles. The number of nitrogens with one attached hydrogen (secondary N) is 1. The Morgan fingerprint density at radius 2 is 2.05 bits per heavy atom. The maximum atomic E-state index is 11.3. The highest BCUT2D eigenvalue weighted by Crippen LogP contribution is 2.37. The van der Waals surface area contributed by atoms with Gasteiger partial charge in [-0.3, -0.25) is 0 Å². The number of hydrogen-bond acceptors (Lipinski definition) is 4. The van der Waals surface area contributed by atoms with Gasteiger partial charge in [-0.15, -0.1) is 0 Å². The molecular formula is C14H19N3O2S.